The molecule has 0 saturated heterocycles. The number of ether oxygens (including phenoxy) is 2. The minimum atomic E-state index is -0.759. The Balaban J connectivity index is 3.40. The van der Waals surface area contributed by atoms with E-state index in [0.717, 1.165) is 6.07 Å². The van der Waals surface area contributed by atoms with Crippen LogP contribution in [-0.4, -0.2) is 35.4 Å². The van der Waals surface area contributed by atoms with Crippen molar-refractivity contribution in [2.24, 2.45) is 0 Å². The van der Waals surface area contributed by atoms with Gasteiger partial charge in [0.1, 0.15) is 22.6 Å². The van der Waals surface area contributed by atoms with E-state index < -0.39 is 17.7 Å². The van der Waals surface area contributed by atoms with E-state index >= 15 is 0 Å². The van der Waals surface area contributed by atoms with Crippen LogP contribution in [0.2, 0.25) is 0 Å². The molecule has 1 aromatic rings. The first-order valence-corrected chi connectivity index (χ1v) is 6.39. The molecule has 0 spiro atoms. The summed E-state index contributed by atoms with van der Waals surface area (Å²) in [5.41, 5.74) is -0.138. The lowest BCUT2D eigenvalue weighted by Crippen LogP contribution is -2.12. The number of benzene rings is 1. The summed E-state index contributed by atoms with van der Waals surface area (Å²) in [5, 5.41) is 20.0. The van der Waals surface area contributed by atoms with Crippen LogP contribution in [0.5, 0.6) is 11.5 Å². The van der Waals surface area contributed by atoms with E-state index in [2.05, 4.69) is 0 Å². The Hall–Kier alpha value is -2.24. The van der Waals surface area contributed by atoms with Gasteiger partial charge in [-0.15, -0.1) is 0 Å². The molecule has 110 valence electrons. The molecule has 0 bridgehead atoms. The molecule has 0 amide bonds. The molecule has 0 heterocycles. The van der Waals surface area contributed by atoms with E-state index in [1.54, 1.807) is 20.8 Å². The Labute approximate surface area is 116 Å². The lowest BCUT2D eigenvalue weighted by atomic mass is 9.98. The van der Waals surface area contributed by atoms with Crippen LogP contribution in [0.4, 0.5) is 0 Å². The molecule has 0 aliphatic carbocycles. The minimum absolute atomic E-state index is 0.125. The fourth-order valence-corrected chi connectivity index (χ4v) is 1.85. The predicted molar refractivity (Wildman–Crippen MR) is 71.1 cm³/mol. The molecule has 0 aromatic heterocycles. The summed E-state index contributed by atoms with van der Waals surface area (Å²) in [6, 6.07) is 1.01. The second-order valence-electron chi connectivity index (χ2n) is 3.94. The van der Waals surface area contributed by atoms with E-state index in [9.17, 15) is 19.8 Å². The monoisotopic (exact) mass is 282 g/mol. The first kappa shape index (κ1) is 15.8. The molecule has 6 heteroatoms. The van der Waals surface area contributed by atoms with Gasteiger partial charge in [0.05, 0.1) is 13.2 Å². The highest BCUT2D eigenvalue weighted by Gasteiger charge is 2.25. The van der Waals surface area contributed by atoms with Gasteiger partial charge >= 0.3 is 11.9 Å². The van der Waals surface area contributed by atoms with Crippen LogP contribution in [0.3, 0.4) is 0 Å². The number of carbonyl (C=O) groups is 2. The Morgan fingerprint density at radius 2 is 1.60 bits per heavy atom. The van der Waals surface area contributed by atoms with Gasteiger partial charge in [-0.1, -0.05) is 6.92 Å². The first-order valence-electron chi connectivity index (χ1n) is 6.39. The fraction of sp³-hybridized carbons (Fsp3) is 0.429. The van der Waals surface area contributed by atoms with Crippen LogP contribution < -0.4 is 0 Å². The van der Waals surface area contributed by atoms with Gasteiger partial charge in [-0.2, -0.15) is 0 Å². The lowest BCUT2D eigenvalue weighted by molar-refractivity contribution is 0.0503. The van der Waals surface area contributed by atoms with Crippen molar-refractivity contribution in [3.8, 4) is 11.5 Å². The summed E-state index contributed by atoms with van der Waals surface area (Å²) in [5.74, 6) is -2.29. The molecule has 0 aliphatic rings. The average molecular weight is 282 g/mol. The summed E-state index contributed by atoms with van der Waals surface area (Å²) in [6.07, 6.45) is 0.251. The zero-order valence-electron chi connectivity index (χ0n) is 11.7. The molecule has 0 saturated carbocycles. The Kier molecular flexibility index (Phi) is 5.37. The topological polar surface area (TPSA) is 93.1 Å². The zero-order valence-corrected chi connectivity index (χ0v) is 11.7. The number of hydrogen-bond acceptors (Lipinski definition) is 6. The van der Waals surface area contributed by atoms with Gasteiger partial charge in [-0.25, -0.2) is 9.59 Å². The van der Waals surface area contributed by atoms with Gasteiger partial charge in [0.15, 0.2) is 0 Å². The predicted octanol–water partition coefficient (Wildman–Crippen LogP) is 2.01. The number of hydrogen-bond donors (Lipinski definition) is 2. The molecule has 1 rings (SSSR count). The van der Waals surface area contributed by atoms with Gasteiger partial charge in [-0.05, 0) is 26.3 Å². The maximum absolute atomic E-state index is 11.8. The number of aromatic hydroxyl groups is 2. The van der Waals surface area contributed by atoms with E-state index in [1.807, 2.05) is 0 Å². The van der Waals surface area contributed by atoms with E-state index in [4.69, 9.17) is 9.47 Å². The molecular weight excluding hydrogens is 264 g/mol. The van der Waals surface area contributed by atoms with Gasteiger partial charge in [0.2, 0.25) is 0 Å². The van der Waals surface area contributed by atoms with Crippen molar-refractivity contribution in [3.63, 3.8) is 0 Å². The van der Waals surface area contributed by atoms with Gasteiger partial charge in [0, 0.05) is 5.56 Å². The highest BCUT2D eigenvalue weighted by atomic mass is 16.5. The molecule has 0 radical (unpaired) electrons. The van der Waals surface area contributed by atoms with Crippen molar-refractivity contribution >= 4 is 11.9 Å². The van der Waals surface area contributed by atoms with E-state index in [1.165, 1.54) is 0 Å². The molecule has 0 atom stereocenters. The zero-order chi connectivity index (χ0) is 15.3. The molecule has 20 heavy (non-hydrogen) atoms. The first-order chi connectivity index (χ1) is 9.47. The maximum atomic E-state index is 11.8. The van der Waals surface area contributed by atoms with E-state index in [-0.39, 0.29) is 42.1 Å². The number of esters is 2. The second kappa shape index (κ2) is 6.79. The number of rotatable bonds is 5. The Morgan fingerprint density at radius 1 is 1.05 bits per heavy atom. The van der Waals surface area contributed by atoms with Crippen molar-refractivity contribution in [3.05, 3.63) is 22.8 Å². The van der Waals surface area contributed by atoms with Gasteiger partial charge in [0.25, 0.3) is 0 Å². The smallest absolute Gasteiger partial charge is 0.342 e. The molecule has 1 aromatic carbocycles. The molecule has 2 N–H and O–H groups in total. The second-order valence-corrected chi connectivity index (χ2v) is 3.94. The molecule has 6 nitrogen and oxygen atoms in total. The summed E-state index contributed by atoms with van der Waals surface area (Å²) >= 11 is 0. The summed E-state index contributed by atoms with van der Waals surface area (Å²) < 4.78 is 9.61. The quantitative estimate of drug-likeness (QED) is 0.634. The Morgan fingerprint density at radius 3 is 2.10 bits per heavy atom. The van der Waals surface area contributed by atoms with Crippen LogP contribution >= 0.6 is 0 Å². The standard InChI is InChI=1S/C14H18O6/c1-4-8-11(14(18)20-6-3)10(15)7-9(12(8)16)13(17)19-5-2/h7,15-16H,4-6H2,1-3H3. The molecule has 0 unspecified atom stereocenters. The van der Waals surface area contributed by atoms with Crippen LogP contribution in [0.15, 0.2) is 6.07 Å². The average Bonchev–Trinajstić information content (AvgIpc) is 2.40. The lowest BCUT2D eigenvalue weighted by Gasteiger charge is -2.14. The summed E-state index contributed by atoms with van der Waals surface area (Å²) in [7, 11) is 0. The normalized spacial score (nSPS) is 10.2. The third kappa shape index (κ3) is 3.01. The number of phenolic OH excluding ortho intramolecular Hbond substituents is 2. The SMILES string of the molecule is CCOC(=O)c1cc(O)c(C(=O)OCC)c(CC)c1O. The maximum Gasteiger partial charge on any atom is 0.342 e. The van der Waals surface area contributed by atoms with Gasteiger partial charge < -0.3 is 19.7 Å². The Bertz CT molecular complexity index is 521. The molecular formula is C14H18O6. The number of carbonyl (C=O) groups excluding carboxylic acids is 2. The van der Waals surface area contributed by atoms with Crippen molar-refractivity contribution in [2.75, 3.05) is 13.2 Å². The minimum Gasteiger partial charge on any atom is -0.507 e. The van der Waals surface area contributed by atoms with Crippen LogP contribution in [-0.2, 0) is 15.9 Å². The summed E-state index contributed by atoms with van der Waals surface area (Å²) in [4.78, 5) is 23.5. The number of phenols is 2. The largest absolute Gasteiger partial charge is 0.507 e. The van der Waals surface area contributed by atoms with Crippen molar-refractivity contribution in [2.45, 2.75) is 27.2 Å². The van der Waals surface area contributed by atoms with Gasteiger partial charge in [-0.3, -0.25) is 0 Å². The van der Waals surface area contributed by atoms with Crippen molar-refractivity contribution in [1.82, 2.24) is 0 Å². The molecule has 0 fully saturated rings. The molecule has 0 aliphatic heterocycles. The van der Waals surface area contributed by atoms with Crippen molar-refractivity contribution in [1.29, 1.82) is 0 Å². The third-order valence-corrected chi connectivity index (χ3v) is 2.71. The van der Waals surface area contributed by atoms with Crippen LogP contribution in [0.25, 0.3) is 0 Å². The van der Waals surface area contributed by atoms with Crippen LogP contribution in [0, 0.1) is 0 Å². The highest BCUT2D eigenvalue weighted by Crippen LogP contribution is 2.34. The highest BCUT2D eigenvalue weighted by molar-refractivity contribution is 6.00. The fourth-order valence-electron chi connectivity index (χ4n) is 1.85. The van der Waals surface area contributed by atoms with Crippen molar-refractivity contribution < 1.29 is 29.3 Å². The summed E-state index contributed by atoms with van der Waals surface area (Å²) in [6.45, 7) is 5.23. The van der Waals surface area contributed by atoms with Crippen LogP contribution in [0.1, 0.15) is 47.1 Å². The third-order valence-electron chi connectivity index (χ3n) is 2.71. The van der Waals surface area contributed by atoms with E-state index in [0.29, 0.717) is 0 Å².